The molecule has 0 aliphatic carbocycles. The molecule has 1 aromatic carbocycles. The quantitative estimate of drug-likeness (QED) is 0.825. The molecule has 1 aromatic heterocycles. The van der Waals surface area contributed by atoms with Gasteiger partial charge in [-0.15, -0.1) is 0 Å². The van der Waals surface area contributed by atoms with Crippen LogP contribution in [0.15, 0.2) is 28.9 Å². The molecule has 4 nitrogen and oxygen atoms in total. The molecule has 0 saturated carbocycles. The van der Waals surface area contributed by atoms with Crippen LogP contribution in [0.2, 0.25) is 0 Å². The third-order valence-electron chi connectivity index (χ3n) is 2.32. The summed E-state index contributed by atoms with van der Waals surface area (Å²) in [6.45, 7) is 2.08. The summed E-state index contributed by atoms with van der Waals surface area (Å²) in [5.74, 6) is 0.391. The molecule has 2 aromatic rings. The molecular weight excluding hydrogens is 190 g/mol. The number of rotatable bonds is 3. The predicted molar refractivity (Wildman–Crippen MR) is 57.3 cm³/mol. The van der Waals surface area contributed by atoms with E-state index in [-0.39, 0.29) is 0 Å². The average molecular weight is 203 g/mol. The first-order valence-electron chi connectivity index (χ1n) is 4.88. The first-order valence-corrected chi connectivity index (χ1v) is 4.88. The maximum Gasteiger partial charge on any atom is 0.191 e. The summed E-state index contributed by atoms with van der Waals surface area (Å²) in [6.07, 6.45) is 1.67. The molecule has 78 valence electrons. The Morgan fingerprint density at radius 3 is 2.80 bits per heavy atom. The number of nitrogen functional groups attached to an aromatic ring is 1. The lowest BCUT2D eigenvalue weighted by molar-refractivity contribution is 0.305. The fourth-order valence-corrected chi connectivity index (χ4v) is 1.52. The number of nitrogens with two attached hydrogens (primary N) is 1. The van der Waals surface area contributed by atoms with Crippen molar-refractivity contribution in [2.75, 3.05) is 5.73 Å². The molecule has 0 aliphatic heterocycles. The highest BCUT2D eigenvalue weighted by Crippen LogP contribution is 2.10. The van der Waals surface area contributed by atoms with Crippen molar-refractivity contribution in [3.63, 3.8) is 0 Å². The molecule has 4 heteroatoms. The molecule has 0 fully saturated rings. The molecule has 0 spiro atoms. The summed E-state index contributed by atoms with van der Waals surface area (Å²) in [6, 6.07) is 8.38. The highest BCUT2D eigenvalue weighted by molar-refractivity contribution is 5.32. The van der Waals surface area contributed by atoms with Gasteiger partial charge in [-0.2, -0.15) is 0 Å². The third-order valence-corrected chi connectivity index (χ3v) is 2.32. The maximum atomic E-state index is 5.57. The molecule has 0 bridgehead atoms. The SMILES string of the molecule is Cc1cccc(CCc2nonc2N)c1. The minimum atomic E-state index is 0.391. The van der Waals surface area contributed by atoms with Crippen molar-refractivity contribution in [1.29, 1.82) is 0 Å². The van der Waals surface area contributed by atoms with E-state index in [0.29, 0.717) is 5.82 Å². The molecule has 0 aliphatic rings. The molecule has 2 N–H and O–H groups in total. The van der Waals surface area contributed by atoms with Gasteiger partial charge in [0.25, 0.3) is 0 Å². The van der Waals surface area contributed by atoms with Gasteiger partial charge in [-0.05, 0) is 24.1 Å². The average Bonchev–Trinajstić information content (AvgIpc) is 2.61. The van der Waals surface area contributed by atoms with Gasteiger partial charge >= 0.3 is 0 Å². The van der Waals surface area contributed by atoms with Gasteiger partial charge in [0, 0.05) is 6.42 Å². The summed E-state index contributed by atoms with van der Waals surface area (Å²) in [5, 5.41) is 7.28. The van der Waals surface area contributed by atoms with Crippen molar-refractivity contribution in [1.82, 2.24) is 10.3 Å². The van der Waals surface area contributed by atoms with Gasteiger partial charge in [-0.1, -0.05) is 35.0 Å². The molecule has 15 heavy (non-hydrogen) atoms. The topological polar surface area (TPSA) is 64.9 Å². The van der Waals surface area contributed by atoms with E-state index in [9.17, 15) is 0 Å². The zero-order valence-electron chi connectivity index (χ0n) is 8.60. The fourth-order valence-electron chi connectivity index (χ4n) is 1.52. The smallest absolute Gasteiger partial charge is 0.191 e. The number of anilines is 1. The van der Waals surface area contributed by atoms with Crippen LogP contribution in [0.3, 0.4) is 0 Å². The van der Waals surface area contributed by atoms with Crippen molar-refractivity contribution in [3.05, 3.63) is 41.1 Å². The van der Waals surface area contributed by atoms with E-state index in [1.807, 2.05) is 0 Å². The van der Waals surface area contributed by atoms with E-state index in [0.717, 1.165) is 18.5 Å². The first kappa shape index (κ1) is 9.71. The van der Waals surface area contributed by atoms with Crippen LogP contribution in [0.1, 0.15) is 16.8 Å². The van der Waals surface area contributed by atoms with Crippen LogP contribution in [-0.2, 0) is 12.8 Å². The summed E-state index contributed by atoms with van der Waals surface area (Å²) in [5.41, 5.74) is 8.84. The predicted octanol–water partition coefficient (Wildman–Crippen LogP) is 1.75. The Hall–Kier alpha value is -1.84. The molecule has 0 saturated heterocycles. The van der Waals surface area contributed by atoms with Gasteiger partial charge in [0.1, 0.15) is 5.69 Å². The van der Waals surface area contributed by atoms with Gasteiger partial charge < -0.3 is 5.73 Å². The Kier molecular flexibility index (Phi) is 2.67. The molecule has 2 rings (SSSR count). The molecule has 0 amide bonds. The molecule has 0 radical (unpaired) electrons. The van der Waals surface area contributed by atoms with Crippen LogP contribution < -0.4 is 5.73 Å². The Morgan fingerprint density at radius 2 is 2.13 bits per heavy atom. The zero-order chi connectivity index (χ0) is 10.7. The minimum absolute atomic E-state index is 0.391. The van der Waals surface area contributed by atoms with Crippen molar-refractivity contribution in [3.8, 4) is 0 Å². The van der Waals surface area contributed by atoms with Crippen LogP contribution in [-0.4, -0.2) is 10.3 Å². The molecule has 0 unspecified atom stereocenters. The maximum absolute atomic E-state index is 5.57. The minimum Gasteiger partial charge on any atom is -0.379 e. The zero-order valence-corrected chi connectivity index (χ0v) is 8.60. The van der Waals surface area contributed by atoms with Crippen LogP contribution in [0, 0.1) is 6.92 Å². The van der Waals surface area contributed by atoms with Crippen LogP contribution >= 0.6 is 0 Å². The van der Waals surface area contributed by atoms with E-state index in [1.165, 1.54) is 11.1 Å². The summed E-state index contributed by atoms with van der Waals surface area (Å²) >= 11 is 0. The van der Waals surface area contributed by atoms with Gasteiger partial charge in [0.2, 0.25) is 0 Å². The number of hydrogen-bond acceptors (Lipinski definition) is 4. The van der Waals surface area contributed by atoms with E-state index in [1.54, 1.807) is 0 Å². The van der Waals surface area contributed by atoms with Crippen LogP contribution in [0.25, 0.3) is 0 Å². The molecule has 0 atom stereocenters. The van der Waals surface area contributed by atoms with Crippen molar-refractivity contribution in [2.24, 2.45) is 0 Å². The Labute approximate surface area is 88.1 Å². The summed E-state index contributed by atoms with van der Waals surface area (Å²) < 4.78 is 4.53. The Morgan fingerprint density at radius 1 is 1.27 bits per heavy atom. The number of benzene rings is 1. The summed E-state index contributed by atoms with van der Waals surface area (Å²) in [4.78, 5) is 0. The van der Waals surface area contributed by atoms with Gasteiger partial charge in [-0.3, -0.25) is 0 Å². The van der Waals surface area contributed by atoms with E-state index < -0.39 is 0 Å². The highest BCUT2D eigenvalue weighted by atomic mass is 16.6. The third kappa shape index (κ3) is 2.34. The second-order valence-electron chi connectivity index (χ2n) is 3.59. The van der Waals surface area contributed by atoms with Crippen molar-refractivity contribution >= 4 is 5.82 Å². The lowest BCUT2D eigenvalue weighted by Crippen LogP contribution is -1.96. The summed E-state index contributed by atoms with van der Waals surface area (Å²) in [7, 11) is 0. The van der Waals surface area contributed by atoms with Gasteiger partial charge in [0.15, 0.2) is 5.82 Å². The van der Waals surface area contributed by atoms with E-state index >= 15 is 0 Å². The lowest BCUT2D eigenvalue weighted by Gasteiger charge is -2.00. The second kappa shape index (κ2) is 4.13. The Balaban J connectivity index is 2.02. The van der Waals surface area contributed by atoms with Crippen LogP contribution in [0.5, 0.6) is 0 Å². The number of aromatic nitrogens is 2. The van der Waals surface area contributed by atoms with Crippen molar-refractivity contribution < 1.29 is 4.63 Å². The van der Waals surface area contributed by atoms with E-state index in [4.69, 9.17) is 5.73 Å². The monoisotopic (exact) mass is 203 g/mol. The first-order chi connectivity index (χ1) is 7.25. The standard InChI is InChI=1S/C11H13N3O/c1-8-3-2-4-9(7-8)5-6-10-11(12)14-15-13-10/h2-4,7H,5-6H2,1H3,(H2,12,14). The Bertz CT molecular complexity index is 451. The number of nitrogens with zero attached hydrogens (tertiary/aromatic N) is 2. The fraction of sp³-hybridized carbons (Fsp3) is 0.273. The highest BCUT2D eigenvalue weighted by Gasteiger charge is 2.05. The lowest BCUT2D eigenvalue weighted by atomic mass is 10.1. The van der Waals surface area contributed by atoms with E-state index in [2.05, 4.69) is 46.1 Å². The number of aryl methyl sites for hydroxylation is 3. The molecular formula is C11H13N3O. The van der Waals surface area contributed by atoms with Crippen LogP contribution in [0.4, 0.5) is 5.82 Å². The second-order valence-corrected chi connectivity index (χ2v) is 3.59. The molecule has 1 heterocycles. The largest absolute Gasteiger partial charge is 0.379 e. The van der Waals surface area contributed by atoms with Crippen molar-refractivity contribution in [2.45, 2.75) is 19.8 Å². The normalized spacial score (nSPS) is 10.5. The number of hydrogen-bond donors (Lipinski definition) is 1. The van der Waals surface area contributed by atoms with Gasteiger partial charge in [-0.25, -0.2) is 4.63 Å². The van der Waals surface area contributed by atoms with Gasteiger partial charge in [0.05, 0.1) is 0 Å².